The zero-order valence-corrected chi connectivity index (χ0v) is 31.6. The summed E-state index contributed by atoms with van der Waals surface area (Å²) in [6, 6.07) is 3.78. The van der Waals surface area contributed by atoms with Gasteiger partial charge in [-0.15, -0.1) is 0 Å². The molecule has 54 heavy (non-hydrogen) atoms. The Morgan fingerprint density at radius 2 is 1.41 bits per heavy atom. The second kappa shape index (κ2) is 22.4. The number of ether oxygens (including phenoxy) is 2. The lowest BCUT2D eigenvalue weighted by Gasteiger charge is -2.25. The number of alkyl carbamates (subject to hydrolysis) is 2. The molecule has 1 aromatic rings. The van der Waals surface area contributed by atoms with Crippen LogP contribution in [0.3, 0.4) is 0 Å². The molecule has 9 amide bonds. The highest BCUT2D eigenvalue weighted by atomic mass is 16.6. The molecule has 0 aromatic heterocycles. The minimum absolute atomic E-state index is 0.0637. The van der Waals surface area contributed by atoms with Gasteiger partial charge in [0.2, 0.25) is 17.7 Å². The number of nitrogens with one attached hydrogen (secondary N) is 6. The molecule has 298 valence electrons. The van der Waals surface area contributed by atoms with Gasteiger partial charge in [-0.1, -0.05) is 32.4 Å². The van der Waals surface area contributed by atoms with Gasteiger partial charge in [0, 0.05) is 50.4 Å². The average Bonchev–Trinajstić information content (AvgIpc) is 3.41. The van der Waals surface area contributed by atoms with Crippen LogP contribution in [0.2, 0.25) is 0 Å². The van der Waals surface area contributed by atoms with Crippen molar-refractivity contribution in [1.82, 2.24) is 31.5 Å². The number of amides is 9. The number of anilines is 1. The van der Waals surface area contributed by atoms with Gasteiger partial charge in [0.15, 0.2) is 0 Å². The Morgan fingerprint density at radius 1 is 0.778 bits per heavy atom. The van der Waals surface area contributed by atoms with Crippen LogP contribution >= 0.6 is 0 Å². The van der Waals surface area contributed by atoms with E-state index in [0.717, 1.165) is 4.90 Å². The van der Waals surface area contributed by atoms with E-state index in [1.165, 1.54) is 12.2 Å². The largest absolute Gasteiger partial charge is 0.445 e. The first kappa shape index (κ1) is 44.5. The predicted octanol–water partition coefficient (Wildman–Crippen LogP) is 1.94. The minimum Gasteiger partial charge on any atom is -0.445 e. The van der Waals surface area contributed by atoms with E-state index in [2.05, 4.69) is 31.9 Å². The maximum atomic E-state index is 13.4. The number of nitrogens with zero attached hydrogens (tertiary/aromatic N) is 1. The summed E-state index contributed by atoms with van der Waals surface area (Å²) in [6.45, 7) is 9.36. The lowest BCUT2D eigenvalue weighted by atomic mass is 10.0. The summed E-state index contributed by atoms with van der Waals surface area (Å²) in [7, 11) is 0. The van der Waals surface area contributed by atoms with Gasteiger partial charge in [-0.25, -0.2) is 14.4 Å². The Morgan fingerprint density at radius 3 is 2.00 bits per heavy atom. The SMILES string of the molecule is CC(C)C(NC(=O)CCCCCN1C(=O)C=CC1=O)C(=O)NC(CCCNC(N)=O)C(=O)Nc1ccc(COC(=O)NCCNC(=O)OC(C)(C)C)cc1. The molecule has 2 rings (SSSR count). The Bertz CT molecular complexity index is 1490. The van der Waals surface area contributed by atoms with Gasteiger partial charge >= 0.3 is 18.2 Å². The summed E-state index contributed by atoms with van der Waals surface area (Å²) in [4.78, 5) is 98.9. The maximum Gasteiger partial charge on any atom is 0.407 e. The van der Waals surface area contributed by atoms with Crippen LogP contribution < -0.4 is 37.6 Å². The van der Waals surface area contributed by atoms with Gasteiger partial charge < -0.3 is 47.1 Å². The summed E-state index contributed by atoms with van der Waals surface area (Å²) in [6.07, 6.45) is 3.32. The van der Waals surface area contributed by atoms with Crippen LogP contribution in [0.4, 0.5) is 20.1 Å². The first-order valence-electron chi connectivity index (χ1n) is 17.9. The number of imide groups is 1. The number of carbonyl (C=O) groups excluding carboxylic acids is 8. The zero-order valence-electron chi connectivity index (χ0n) is 31.6. The molecular formula is C36H54N8O10. The highest BCUT2D eigenvalue weighted by Gasteiger charge is 2.29. The third-order valence-corrected chi connectivity index (χ3v) is 7.71. The van der Waals surface area contributed by atoms with E-state index in [0.29, 0.717) is 36.9 Å². The Hall–Kier alpha value is -5.68. The number of rotatable bonds is 21. The summed E-state index contributed by atoms with van der Waals surface area (Å²) in [5.74, 6) is -2.49. The maximum absolute atomic E-state index is 13.4. The fraction of sp³-hybridized carbons (Fsp3) is 0.556. The van der Waals surface area contributed by atoms with Crippen molar-refractivity contribution in [3.8, 4) is 0 Å². The van der Waals surface area contributed by atoms with Gasteiger partial charge in [0.1, 0.15) is 24.3 Å². The van der Waals surface area contributed by atoms with E-state index in [1.807, 2.05) is 0 Å². The molecule has 18 nitrogen and oxygen atoms in total. The third kappa shape index (κ3) is 17.7. The number of hydrogen-bond donors (Lipinski definition) is 7. The van der Waals surface area contributed by atoms with Gasteiger partial charge in [0.25, 0.3) is 11.8 Å². The van der Waals surface area contributed by atoms with E-state index >= 15 is 0 Å². The van der Waals surface area contributed by atoms with E-state index in [-0.39, 0.29) is 69.3 Å². The number of urea groups is 1. The van der Waals surface area contributed by atoms with E-state index < -0.39 is 47.7 Å². The fourth-order valence-electron chi connectivity index (χ4n) is 4.97. The molecule has 0 saturated heterocycles. The minimum atomic E-state index is -1.03. The molecule has 1 aliphatic rings. The van der Waals surface area contributed by atoms with Crippen LogP contribution in [0.5, 0.6) is 0 Å². The molecule has 18 heteroatoms. The normalized spacial score (nSPS) is 13.5. The molecule has 0 spiro atoms. The van der Waals surface area contributed by atoms with Crippen molar-refractivity contribution in [3.63, 3.8) is 0 Å². The highest BCUT2D eigenvalue weighted by Crippen LogP contribution is 2.14. The first-order chi connectivity index (χ1) is 25.4. The van der Waals surface area contributed by atoms with Crippen molar-refractivity contribution >= 4 is 53.4 Å². The molecule has 1 aliphatic heterocycles. The predicted molar refractivity (Wildman–Crippen MR) is 197 cm³/mol. The number of primary amides is 1. The molecule has 0 bridgehead atoms. The number of benzene rings is 1. The molecule has 0 radical (unpaired) electrons. The van der Waals surface area contributed by atoms with Crippen LogP contribution in [-0.4, -0.2) is 96.5 Å². The van der Waals surface area contributed by atoms with Crippen molar-refractivity contribution in [2.75, 3.05) is 31.5 Å². The van der Waals surface area contributed by atoms with Crippen LogP contribution in [0, 0.1) is 5.92 Å². The summed E-state index contributed by atoms with van der Waals surface area (Å²) >= 11 is 0. The van der Waals surface area contributed by atoms with Crippen LogP contribution in [0.15, 0.2) is 36.4 Å². The Kier molecular flexibility index (Phi) is 18.5. The summed E-state index contributed by atoms with van der Waals surface area (Å²) in [5.41, 5.74) is 5.54. The fourth-order valence-corrected chi connectivity index (χ4v) is 4.97. The van der Waals surface area contributed by atoms with Gasteiger partial charge in [-0.2, -0.15) is 0 Å². The average molecular weight is 759 g/mol. The lowest BCUT2D eigenvalue weighted by molar-refractivity contribution is -0.137. The number of unbranched alkanes of at least 4 members (excludes halogenated alkanes) is 2. The molecule has 0 fully saturated rings. The van der Waals surface area contributed by atoms with Crippen LogP contribution in [0.1, 0.15) is 78.7 Å². The Balaban J connectivity index is 1.88. The van der Waals surface area contributed by atoms with Crippen LogP contribution in [0.25, 0.3) is 0 Å². The van der Waals surface area contributed by atoms with Crippen molar-refractivity contribution in [1.29, 1.82) is 0 Å². The monoisotopic (exact) mass is 758 g/mol. The lowest BCUT2D eigenvalue weighted by Crippen LogP contribution is -2.54. The van der Waals surface area contributed by atoms with E-state index in [4.69, 9.17) is 15.2 Å². The molecule has 0 aliphatic carbocycles. The summed E-state index contributed by atoms with van der Waals surface area (Å²) < 4.78 is 10.3. The zero-order chi connectivity index (χ0) is 40.3. The number of nitrogens with two attached hydrogens (primary N) is 1. The third-order valence-electron chi connectivity index (χ3n) is 7.71. The van der Waals surface area contributed by atoms with E-state index in [1.54, 1.807) is 58.9 Å². The molecule has 1 aromatic carbocycles. The standard InChI is InChI=1S/C36H54N8O10/c1-23(2)30(43-27(45)11-7-6-8-21-44-28(46)16-17-29(44)47)32(49)42-26(10-9-18-38-33(37)50)31(48)41-25-14-12-24(13-15-25)22-53-34(51)39-19-20-40-35(52)54-36(3,4)5/h12-17,23,26,30H,6-11,18-22H2,1-5H3,(H,39,51)(H,40,52)(H,41,48)(H,42,49)(H,43,45)(H3,37,38,50). The molecular weight excluding hydrogens is 704 g/mol. The highest BCUT2D eigenvalue weighted by molar-refractivity contribution is 6.12. The smallest absolute Gasteiger partial charge is 0.407 e. The molecule has 1 heterocycles. The second-order valence-electron chi connectivity index (χ2n) is 13.9. The quantitative estimate of drug-likeness (QED) is 0.0708. The van der Waals surface area contributed by atoms with Crippen molar-refractivity contribution in [2.45, 2.75) is 97.4 Å². The Labute approximate surface area is 315 Å². The van der Waals surface area contributed by atoms with Gasteiger partial charge in [-0.3, -0.25) is 28.9 Å². The number of hydrogen-bond acceptors (Lipinski definition) is 10. The van der Waals surface area contributed by atoms with Crippen molar-refractivity contribution in [2.24, 2.45) is 11.7 Å². The molecule has 0 saturated carbocycles. The molecule has 2 unspecified atom stereocenters. The van der Waals surface area contributed by atoms with E-state index in [9.17, 15) is 38.4 Å². The van der Waals surface area contributed by atoms with Gasteiger partial charge in [0.05, 0.1) is 0 Å². The van der Waals surface area contributed by atoms with Crippen molar-refractivity contribution < 1.29 is 47.8 Å². The van der Waals surface area contributed by atoms with Crippen molar-refractivity contribution in [3.05, 3.63) is 42.0 Å². The van der Waals surface area contributed by atoms with Gasteiger partial charge in [-0.05, 0) is 70.1 Å². The summed E-state index contributed by atoms with van der Waals surface area (Å²) in [5, 5.41) is 15.7. The number of carbonyl (C=O) groups is 8. The van der Waals surface area contributed by atoms with Crippen LogP contribution in [-0.2, 0) is 40.1 Å². The topological polar surface area (TPSA) is 256 Å². The molecule has 2 atom stereocenters. The second-order valence-corrected chi connectivity index (χ2v) is 13.9. The first-order valence-corrected chi connectivity index (χ1v) is 17.9. The molecule has 8 N–H and O–H groups in total.